The van der Waals surface area contributed by atoms with Gasteiger partial charge in [-0.2, -0.15) is 0 Å². The number of carboxylic acid groups (broad SMARTS) is 1. The van der Waals surface area contributed by atoms with E-state index in [1.807, 2.05) is 6.08 Å². The molecule has 1 saturated heterocycles. The lowest BCUT2D eigenvalue weighted by Gasteiger charge is -2.45. The molecule has 9 nitrogen and oxygen atoms in total. The lowest BCUT2D eigenvalue weighted by Crippen LogP contribution is -2.54. The molecule has 9 heteroatoms. The van der Waals surface area contributed by atoms with E-state index in [4.69, 9.17) is 28.4 Å². The number of hydrogen-bond acceptors (Lipinski definition) is 8. The quantitative estimate of drug-likeness (QED) is 0.360. The van der Waals surface area contributed by atoms with Gasteiger partial charge >= 0.3 is 11.9 Å². The first-order valence-corrected chi connectivity index (χ1v) is 11.5. The lowest BCUT2D eigenvalue weighted by molar-refractivity contribution is -0.289. The number of carbonyl (C=O) groups is 2. The molecule has 2 saturated carbocycles. The molecule has 2 spiro atoms. The summed E-state index contributed by atoms with van der Waals surface area (Å²) < 4.78 is 34.7. The number of methoxy groups -OCH3 is 3. The van der Waals surface area contributed by atoms with Gasteiger partial charge in [-0.3, -0.25) is 9.59 Å². The maximum atomic E-state index is 13.2. The van der Waals surface area contributed by atoms with Crippen LogP contribution in [0.1, 0.15) is 39.0 Å². The summed E-state index contributed by atoms with van der Waals surface area (Å²) in [5.74, 6) is -3.03. The monoisotopic (exact) mass is 464 g/mol. The average Bonchev–Trinajstić information content (AvgIpc) is 3.44. The number of rotatable bonds is 6. The number of esters is 1. The fourth-order valence-electron chi connectivity index (χ4n) is 7.80. The highest BCUT2D eigenvalue weighted by molar-refractivity contribution is 5.89. The number of fused-ring (bicyclic) bond motifs is 3. The van der Waals surface area contributed by atoms with Gasteiger partial charge in [0.05, 0.1) is 33.4 Å². The minimum Gasteiger partial charge on any atom is -0.500 e. The molecule has 5 atom stereocenters. The maximum Gasteiger partial charge on any atom is 0.323 e. The molecule has 33 heavy (non-hydrogen) atoms. The molecule has 1 aliphatic heterocycles. The van der Waals surface area contributed by atoms with Crippen molar-refractivity contribution in [2.45, 2.75) is 50.4 Å². The van der Waals surface area contributed by atoms with Crippen molar-refractivity contribution in [1.29, 1.82) is 0 Å². The molecule has 5 rings (SSSR count). The lowest BCUT2D eigenvalue weighted by atomic mass is 9.61. The second-order valence-corrected chi connectivity index (χ2v) is 9.98. The Labute approximate surface area is 193 Å². The summed E-state index contributed by atoms with van der Waals surface area (Å²) in [5.41, 5.74) is -1.22. The predicted octanol–water partition coefficient (Wildman–Crippen LogP) is 2.40. The van der Waals surface area contributed by atoms with E-state index in [-0.39, 0.29) is 12.7 Å². The van der Waals surface area contributed by atoms with Crippen molar-refractivity contribution >= 4 is 11.9 Å². The van der Waals surface area contributed by atoms with E-state index in [1.165, 1.54) is 14.2 Å². The Hall–Kier alpha value is -1.94. The van der Waals surface area contributed by atoms with Crippen molar-refractivity contribution in [1.82, 2.24) is 0 Å². The van der Waals surface area contributed by atoms with Crippen molar-refractivity contribution < 1.29 is 43.1 Å². The maximum absolute atomic E-state index is 13.2. The molecular weight excluding hydrogens is 432 g/mol. The SMILES string of the molecule is COCO[C@]12CC[C@H]3C4=C([C@@H](C(=O)O)[C@@]3(CC13OCCO3)C2)[C@](C)(C(=O)OC)C(OC)=CC4. The fraction of sp³-hybridized carbons (Fsp3) is 0.750. The summed E-state index contributed by atoms with van der Waals surface area (Å²) in [4.78, 5) is 26.2. The van der Waals surface area contributed by atoms with Gasteiger partial charge in [0.1, 0.15) is 23.6 Å². The molecule has 0 aromatic carbocycles. The highest BCUT2D eigenvalue weighted by atomic mass is 16.8. The smallest absolute Gasteiger partial charge is 0.323 e. The van der Waals surface area contributed by atoms with Crippen LogP contribution in [0.5, 0.6) is 0 Å². The molecule has 2 bridgehead atoms. The van der Waals surface area contributed by atoms with Crippen LogP contribution in [0.3, 0.4) is 0 Å². The van der Waals surface area contributed by atoms with Crippen molar-refractivity contribution in [3.8, 4) is 0 Å². The molecule has 0 aromatic heterocycles. The molecule has 182 valence electrons. The van der Waals surface area contributed by atoms with Gasteiger partial charge in [-0.15, -0.1) is 0 Å². The van der Waals surface area contributed by atoms with Crippen LogP contribution in [0.4, 0.5) is 0 Å². The summed E-state index contributed by atoms with van der Waals surface area (Å²) in [7, 11) is 4.38. The second kappa shape index (κ2) is 7.53. The zero-order valence-electron chi connectivity index (χ0n) is 19.6. The van der Waals surface area contributed by atoms with Gasteiger partial charge in [0.15, 0.2) is 5.79 Å². The van der Waals surface area contributed by atoms with Crippen LogP contribution in [0.15, 0.2) is 23.0 Å². The van der Waals surface area contributed by atoms with Crippen molar-refractivity contribution in [2.75, 3.05) is 41.3 Å². The number of carbonyl (C=O) groups excluding carboxylic acids is 1. The van der Waals surface area contributed by atoms with Crippen LogP contribution in [0, 0.1) is 22.7 Å². The van der Waals surface area contributed by atoms with Gasteiger partial charge in [0.25, 0.3) is 0 Å². The van der Waals surface area contributed by atoms with Crippen LogP contribution in [0.2, 0.25) is 0 Å². The zero-order valence-corrected chi connectivity index (χ0v) is 19.6. The van der Waals surface area contributed by atoms with Crippen molar-refractivity contribution in [2.24, 2.45) is 22.7 Å². The first-order valence-electron chi connectivity index (χ1n) is 11.5. The molecule has 0 unspecified atom stereocenters. The van der Waals surface area contributed by atoms with Crippen LogP contribution < -0.4 is 0 Å². The average molecular weight is 465 g/mol. The summed E-state index contributed by atoms with van der Waals surface area (Å²) in [6.07, 6.45) is 4.65. The Kier molecular flexibility index (Phi) is 5.21. The van der Waals surface area contributed by atoms with Gasteiger partial charge in [-0.25, -0.2) is 0 Å². The van der Waals surface area contributed by atoms with Crippen LogP contribution in [-0.2, 0) is 38.0 Å². The van der Waals surface area contributed by atoms with Crippen LogP contribution in [0.25, 0.3) is 0 Å². The minimum atomic E-state index is -1.31. The fourth-order valence-corrected chi connectivity index (χ4v) is 7.80. The van der Waals surface area contributed by atoms with E-state index < -0.39 is 40.1 Å². The number of ether oxygens (including phenoxy) is 6. The first-order chi connectivity index (χ1) is 15.7. The molecule has 1 heterocycles. The number of aliphatic carboxylic acids is 1. The Morgan fingerprint density at radius 2 is 1.91 bits per heavy atom. The highest BCUT2D eigenvalue weighted by Gasteiger charge is 2.78. The molecular formula is C24H32O9. The molecule has 0 aromatic rings. The number of allylic oxidation sites excluding steroid dienone is 2. The van der Waals surface area contributed by atoms with E-state index in [9.17, 15) is 14.7 Å². The van der Waals surface area contributed by atoms with E-state index in [0.29, 0.717) is 56.7 Å². The summed E-state index contributed by atoms with van der Waals surface area (Å²) in [6, 6.07) is 0. The van der Waals surface area contributed by atoms with E-state index >= 15 is 0 Å². The Morgan fingerprint density at radius 3 is 2.52 bits per heavy atom. The van der Waals surface area contributed by atoms with Crippen LogP contribution in [-0.4, -0.2) is 69.8 Å². The van der Waals surface area contributed by atoms with Gasteiger partial charge in [0, 0.05) is 18.9 Å². The summed E-state index contributed by atoms with van der Waals surface area (Å²) in [5, 5.41) is 10.6. The van der Waals surface area contributed by atoms with Gasteiger partial charge in [-0.05, 0) is 50.2 Å². The topological polar surface area (TPSA) is 110 Å². The molecule has 0 radical (unpaired) electrons. The minimum absolute atomic E-state index is 0.0290. The summed E-state index contributed by atoms with van der Waals surface area (Å²) in [6.45, 7) is 2.64. The Balaban J connectivity index is 1.67. The van der Waals surface area contributed by atoms with Crippen LogP contribution >= 0.6 is 0 Å². The molecule has 3 fully saturated rings. The first kappa shape index (κ1) is 22.8. The summed E-state index contributed by atoms with van der Waals surface area (Å²) >= 11 is 0. The van der Waals surface area contributed by atoms with Gasteiger partial charge in [0.2, 0.25) is 0 Å². The molecule has 1 N–H and O–H groups in total. The van der Waals surface area contributed by atoms with Crippen molar-refractivity contribution in [3.63, 3.8) is 0 Å². The third kappa shape index (κ3) is 2.68. The molecule has 5 aliphatic rings. The molecule has 0 amide bonds. The predicted molar refractivity (Wildman–Crippen MR) is 113 cm³/mol. The van der Waals surface area contributed by atoms with E-state index in [2.05, 4.69) is 0 Å². The van der Waals surface area contributed by atoms with E-state index in [1.54, 1.807) is 14.0 Å². The molecule has 4 aliphatic carbocycles. The number of carboxylic acids is 1. The number of hydrogen-bond donors (Lipinski definition) is 1. The van der Waals surface area contributed by atoms with Crippen molar-refractivity contribution in [3.05, 3.63) is 23.0 Å². The normalized spacial score (nSPS) is 40.4. The second-order valence-electron chi connectivity index (χ2n) is 9.98. The third-order valence-corrected chi connectivity index (χ3v) is 8.84. The van der Waals surface area contributed by atoms with Gasteiger partial charge < -0.3 is 33.5 Å². The zero-order chi connectivity index (χ0) is 23.6. The van der Waals surface area contributed by atoms with E-state index in [0.717, 1.165) is 5.57 Å². The largest absolute Gasteiger partial charge is 0.500 e. The Bertz CT molecular complexity index is 932. The van der Waals surface area contributed by atoms with Gasteiger partial charge in [-0.1, -0.05) is 5.57 Å². The third-order valence-electron chi connectivity index (χ3n) is 8.84. The Morgan fingerprint density at radius 1 is 1.18 bits per heavy atom. The standard InChI is InChI=1S/C24H32O9/c1-21(20(27)30-4)16(29-3)6-5-14-15-7-8-23(33-13-28-2)11-22(15,18(17(14)21)19(25)26)12-24(23)31-9-10-32-24/h6,15,18H,5,7-13H2,1-4H3,(H,25,26)/t15-,18-,21+,22+,23-/m0/s1. The highest BCUT2D eigenvalue weighted by Crippen LogP contribution is 2.74.